The minimum absolute atomic E-state index is 0.0663. The van der Waals surface area contributed by atoms with Crippen LogP contribution in [0.25, 0.3) is 0 Å². The number of ether oxygens (including phenoxy) is 1. The van der Waals surface area contributed by atoms with Crippen molar-refractivity contribution in [3.05, 3.63) is 0 Å². The van der Waals surface area contributed by atoms with Crippen molar-refractivity contribution in [2.24, 2.45) is 17.8 Å². The van der Waals surface area contributed by atoms with E-state index >= 15 is 0 Å². The van der Waals surface area contributed by atoms with Crippen molar-refractivity contribution in [2.45, 2.75) is 102 Å². The SMILES string of the molecule is CC1CCC(OC2CCC(C#CC3CCC(O)CC3)CC2)CC1. The van der Waals surface area contributed by atoms with Gasteiger partial charge >= 0.3 is 0 Å². The Morgan fingerprint density at radius 3 is 1.61 bits per heavy atom. The third-order valence-corrected chi connectivity index (χ3v) is 6.21. The molecule has 3 aliphatic rings. The zero-order chi connectivity index (χ0) is 16.1. The lowest BCUT2D eigenvalue weighted by Gasteiger charge is -2.33. The minimum atomic E-state index is -0.0663. The van der Waals surface area contributed by atoms with Crippen molar-refractivity contribution in [3.63, 3.8) is 0 Å². The summed E-state index contributed by atoms with van der Waals surface area (Å²) in [5, 5.41) is 9.56. The fourth-order valence-electron chi connectivity index (χ4n) is 4.44. The van der Waals surface area contributed by atoms with Crippen LogP contribution in [-0.2, 0) is 4.74 Å². The van der Waals surface area contributed by atoms with Crippen LogP contribution in [0.2, 0.25) is 0 Å². The van der Waals surface area contributed by atoms with Gasteiger partial charge in [-0.05, 0) is 83.0 Å². The normalized spacial score (nSPS) is 41.8. The smallest absolute Gasteiger partial charge is 0.0579 e. The molecule has 0 heterocycles. The maximum atomic E-state index is 9.56. The fourth-order valence-corrected chi connectivity index (χ4v) is 4.44. The van der Waals surface area contributed by atoms with Gasteiger partial charge in [0.2, 0.25) is 0 Å². The zero-order valence-corrected chi connectivity index (χ0v) is 14.8. The van der Waals surface area contributed by atoms with Crippen LogP contribution < -0.4 is 0 Å². The van der Waals surface area contributed by atoms with E-state index in [9.17, 15) is 5.11 Å². The molecule has 3 rings (SSSR count). The van der Waals surface area contributed by atoms with E-state index < -0.39 is 0 Å². The highest BCUT2D eigenvalue weighted by Gasteiger charge is 2.26. The van der Waals surface area contributed by atoms with Crippen molar-refractivity contribution in [1.29, 1.82) is 0 Å². The highest BCUT2D eigenvalue weighted by atomic mass is 16.5. The Kier molecular flexibility index (Phi) is 6.43. The molecule has 3 aliphatic carbocycles. The van der Waals surface area contributed by atoms with Crippen molar-refractivity contribution in [2.75, 3.05) is 0 Å². The highest BCUT2D eigenvalue weighted by molar-refractivity contribution is 5.09. The monoisotopic (exact) mass is 318 g/mol. The van der Waals surface area contributed by atoms with E-state index in [-0.39, 0.29) is 6.10 Å². The van der Waals surface area contributed by atoms with Crippen molar-refractivity contribution in [1.82, 2.24) is 0 Å². The first-order valence-corrected chi connectivity index (χ1v) is 10.0. The fraction of sp³-hybridized carbons (Fsp3) is 0.905. The molecular formula is C21H34O2. The summed E-state index contributed by atoms with van der Waals surface area (Å²) in [4.78, 5) is 0. The molecule has 0 aromatic rings. The number of aliphatic hydroxyl groups excluding tert-OH is 1. The van der Waals surface area contributed by atoms with Gasteiger partial charge in [0.15, 0.2) is 0 Å². The first-order chi connectivity index (χ1) is 11.2. The molecule has 3 fully saturated rings. The second-order valence-corrected chi connectivity index (χ2v) is 8.29. The third kappa shape index (κ3) is 5.50. The molecule has 0 amide bonds. The topological polar surface area (TPSA) is 29.5 Å². The minimum Gasteiger partial charge on any atom is -0.393 e. The summed E-state index contributed by atoms with van der Waals surface area (Å²) < 4.78 is 6.36. The van der Waals surface area contributed by atoms with Crippen LogP contribution >= 0.6 is 0 Å². The first kappa shape index (κ1) is 17.3. The summed E-state index contributed by atoms with van der Waals surface area (Å²) in [6, 6.07) is 0. The molecular weight excluding hydrogens is 284 g/mol. The average Bonchev–Trinajstić information content (AvgIpc) is 2.58. The molecule has 130 valence electrons. The molecule has 0 saturated heterocycles. The van der Waals surface area contributed by atoms with E-state index in [0.717, 1.165) is 31.6 Å². The predicted molar refractivity (Wildman–Crippen MR) is 94.0 cm³/mol. The van der Waals surface area contributed by atoms with E-state index in [2.05, 4.69) is 18.8 Å². The van der Waals surface area contributed by atoms with Gasteiger partial charge in [-0.1, -0.05) is 18.8 Å². The maximum Gasteiger partial charge on any atom is 0.0579 e. The van der Waals surface area contributed by atoms with E-state index in [1.165, 1.54) is 51.4 Å². The Hall–Kier alpha value is -0.520. The Balaban J connectivity index is 1.35. The standard InChI is InChI=1S/C21H34O2/c1-16-2-12-20(13-3-16)23-21-14-8-18(9-15-21)5-4-17-6-10-19(22)11-7-17/h16-22H,2-3,6-15H2,1H3. The Morgan fingerprint density at radius 2 is 1.09 bits per heavy atom. The third-order valence-electron chi connectivity index (χ3n) is 6.21. The molecule has 0 atom stereocenters. The summed E-state index contributed by atoms with van der Waals surface area (Å²) in [6.07, 6.45) is 15.1. The summed E-state index contributed by atoms with van der Waals surface area (Å²) in [7, 11) is 0. The lowest BCUT2D eigenvalue weighted by Crippen LogP contribution is -2.29. The van der Waals surface area contributed by atoms with Gasteiger partial charge in [0, 0.05) is 11.8 Å². The van der Waals surface area contributed by atoms with Gasteiger partial charge in [0.1, 0.15) is 0 Å². The average molecular weight is 319 g/mol. The molecule has 0 spiro atoms. The van der Waals surface area contributed by atoms with E-state index in [1.54, 1.807) is 0 Å². The van der Waals surface area contributed by atoms with Crippen LogP contribution in [0.15, 0.2) is 0 Å². The van der Waals surface area contributed by atoms with Gasteiger partial charge in [0.25, 0.3) is 0 Å². The molecule has 1 N–H and O–H groups in total. The van der Waals surface area contributed by atoms with Crippen LogP contribution in [-0.4, -0.2) is 23.4 Å². The van der Waals surface area contributed by atoms with Crippen molar-refractivity contribution < 1.29 is 9.84 Å². The number of aliphatic hydroxyl groups is 1. The molecule has 0 bridgehead atoms. The van der Waals surface area contributed by atoms with Gasteiger partial charge in [-0.3, -0.25) is 0 Å². The largest absolute Gasteiger partial charge is 0.393 e. The molecule has 23 heavy (non-hydrogen) atoms. The molecule has 0 aromatic carbocycles. The van der Waals surface area contributed by atoms with Crippen LogP contribution in [0.5, 0.6) is 0 Å². The lowest BCUT2D eigenvalue weighted by atomic mass is 9.84. The molecule has 0 aromatic heterocycles. The van der Waals surface area contributed by atoms with Crippen LogP contribution in [0.1, 0.15) is 84.0 Å². The number of hydrogen-bond acceptors (Lipinski definition) is 2. The molecule has 2 nitrogen and oxygen atoms in total. The van der Waals surface area contributed by atoms with Crippen LogP contribution in [0.3, 0.4) is 0 Å². The summed E-state index contributed by atoms with van der Waals surface area (Å²) >= 11 is 0. The summed E-state index contributed by atoms with van der Waals surface area (Å²) in [6.45, 7) is 2.37. The Bertz CT molecular complexity index is 397. The van der Waals surface area contributed by atoms with E-state index in [0.29, 0.717) is 24.0 Å². The molecule has 3 saturated carbocycles. The molecule has 0 unspecified atom stereocenters. The second-order valence-electron chi connectivity index (χ2n) is 8.29. The first-order valence-electron chi connectivity index (χ1n) is 10.0. The maximum absolute atomic E-state index is 9.56. The van der Waals surface area contributed by atoms with Gasteiger partial charge in [-0.2, -0.15) is 0 Å². The van der Waals surface area contributed by atoms with Crippen LogP contribution in [0.4, 0.5) is 0 Å². The quantitative estimate of drug-likeness (QED) is 0.748. The van der Waals surface area contributed by atoms with Gasteiger partial charge in [-0.25, -0.2) is 0 Å². The summed E-state index contributed by atoms with van der Waals surface area (Å²) in [5.74, 6) is 9.09. The number of rotatable bonds is 2. The summed E-state index contributed by atoms with van der Waals surface area (Å²) in [5.41, 5.74) is 0. The van der Waals surface area contributed by atoms with E-state index in [1.807, 2.05) is 0 Å². The predicted octanol–water partition coefficient (Wildman–Crippen LogP) is 4.70. The Labute approximate surface area is 142 Å². The van der Waals surface area contributed by atoms with Gasteiger partial charge < -0.3 is 9.84 Å². The highest BCUT2D eigenvalue weighted by Crippen LogP contribution is 2.31. The van der Waals surface area contributed by atoms with Crippen molar-refractivity contribution in [3.8, 4) is 11.8 Å². The van der Waals surface area contributed by atoms with Crippen molar-refractivity contribution >= 4 is 0 Å². The van der Waals surface area contributed by atoms with Gasteiger partial charge in [-0.15, -0.1) is 0 Å². The number of hydrogen-bond donors (Lipinski definition) is 1. The van der Waals surface area contributed by atoms with Crippen LogP contribution in [0, 0.1) is 29.6 Å². The molecule has 0 aliphatic heterocycles. The lowest BCUT2D eigenvalue weighted by molar-refractivity contribution is -0.0529. The molecule has 2 heteroatoms. The molecule has 0 radical (unpaired) electrons. The van der Waals surface area contributed by atoms with E-state index in [4.69, 9.17) is 4.74 Å². The van der Waals surface area contributed by atoms with Gasteiger partial charge in [0.05, 0.1) is 18.3 Å². The second kappa shape index (κ2) is 8.54. The zero-order valence-electron chi connectivity index (χ0n) is 14.8. The Morgan fingerprint density at radius 1 is 0.652 bits per heavy atom.